The van der Waals surface area contributed by atoms with Gasteiger partial charge in [0.15, 0.2) is 0 Å². The third kappa shape index (κ3) is 6.45. The number of rotatable bonds is 6. The van der Waals surface area contributed by atoms with Crippen molar-refractivity contribution in [1.29, 1.82) is 0 Å². The summed E-state index contributed by atoms with van der Waals surface area (Å²) in [4.78, 5) is 30.0. The first-order valence-electron chi connectivity index (χ1n) is 12.1. The van der Waals surface area contributed by atoms with Gasteiger partial charge in [0.25, 0.3) is 5.91 Å². The Labute approximate surface area is 222 Å². The number of nitrogens with one attached hydrogen (secondary N) is 1. The van der Waals surface area contributed by atoms with Crippen LogP contribution in [-0.4, -0.2) is 35.7 Å². The molecule has 2 aromatic carbocycles. The minimum absolute atomic E-state index is 0.0443. The van der Waals surface area contributed by atoms with E-state index in [1.165, 1.54) is 43.4 Å². The predicted molar refractivity (Wildman–Crippen MR) is 138 cm³/mol. The Hall–Kier alpha value is -4.21. The topological polar surface area (TPSA) is 81.4 Å². The number of pyridine rings is 1. The van der Waals surface area contributed by atoms with E-state index >= 15 is 0 Å². The summed E-state index contributed by atoms with van der Waals surface area (Å²) in [5, 5.41) is 2.79. The molecule has 1 amide bonds. The first kappa shape index (κ1) is 27.8. The fraction of sp³-hybridized carbons (Fsp3) is 0.276. The van der Waals surface area contributed by atoms with Crippen LogP contribution >= 0.6 is 0 Å². The van der Waals surface area contributed by atoms with Crippen LogP contribution in [0.4, 0.5) is 17.6 Å². The number of fused-ring (bicyclic) bond motifs is 1. The quantitative estimate of drug-likeness (QED) is 0.207. The number of aryl methyl sites for hydroxylation is 1. The van der Waals surface area contributed by atoms with E-state index in [2.05, 4.69) is 10.3 Å². The molecule has 4 aromatic rings. The summed E-state index contributed by atoms with van der Waals surface area (Å²) >= 11 is 0. The smallest absolute Gasteiger partial charge is 0.389 e. The molecule has 0 bridgehead atoms. The maximum Gasteiger partial charge on any atom is 0.389 e. The van der Waals surface area contributed by atoms with Crippen molar-refractivity contribution in [2.75, 3.05) is 7.05 Å². The Kier molecular flexibility index (Phi) is 7.50. The number of aromatic nitrogens is 1. The molecule has 6 nitrogen and oxygen atoms in total. The van der Waals surface area contributed by atoms with E-state index in [0.717, 1.165) is 0 Å². The summed E-state index contributed by atoms with van der Waals surface area (Å²) in [6.07, 6.45) is -6.05. The molecule has 1 N–H and O–H groups in total. The Morgan fingerprint density at radius 2 is 1.69 bits per heavy atom. The van der Waals surface area contributed by atoms with Gasteiger partial charge in [-0.1, -0.05) is 12.1 Å². The summed E-state index contributed by atoms with van der Waals surface area (Å²) in [7, 11) is 1.42. The third-order valence-corrected chi connectivity index (χ3v) is 5.78. The highest BCUT2D eigenvalue weighted by Gasteiger charge is 2.29. The number of alkyl halides is 3. The lowest BCUT2D eigenvalue weighted by atomic mass is 9.96. The Morgan fingerprint density at radius 1 is 1.00 bits per heavy atom. The van der Waals surface area contributed by atoms with Gasteiger partial charge in [-0.2, -0.15) is 13.2 Å². The summed E-state index contributed by atoms with van der Waals surface area (Å²) in [6.45, 7) is 5.17. The number of esters is 1. The highest BCUT2D eigenvalue weighted by Crippen LogP contribution is 2.37. The molecule has 0 atom stereocenters. The van der Waals surface area contributed by atoms with Gasteiger partial charge in [0.05, 0.1) is 22.2 Å². The zero-order chi connectivity index (χ0) is 28.5. The number of ether oxygens (including phenoxy) is 1. The zero-order valence-electron chi connectivity index (χ0n) is 21.7. The van der Waals surface area contributed by atoms with Gasteiger partial charge in [-0.15, -0.1) is 0 Å². The molecule has 204 valence electrons. The van der Waals surface area contributed by atoms with Crippen molar-refractivity contribution in [2.45, 2.75) is 45.4 Å². The van der Waals surface area contributed by atoms with Crippen molar-refractivity contribution in [3.8, 4) is 22.5 Å². The lowest BCUT2D eigenvalue weighted by Crippen LogP contribution is -2.23. The maximum atomic E-state index is 13.5. The van der Waals surface area contributed by atoms with Gasteiger partial charge in [0.2, 0.25) is 5.71 Å². The molecule has 2 heterocycles. The lowest BCUT2D eigenvalue weighted by molar-refractivity contribution is -0.134. The molecular formula is C29H26F4N2O4. The normalized spacial score (nSPS) is 12.0. The second kappa shape index (κ2) is 10.5. The van der Waals surface area contributed by atoms with Gasteiger partial charge in [-0.25, -0.2) is 14.2 Å². The average molecular weight is 543 g/mol. The summed E-state index contributed by atoms with van der Waals surface area (Å²) < 4.78 is 64.4. The molecule has 0 aliphatic heterocycles. The largest absolute Gasteiger partial charge is 0.456 e. The molecule has 0 saturated carbocycles. The van der Waals surface area contributed by atoms with E-state index in [-0.39, 0.29) is 33.7 Å². The van der Waals surface area contributed by atoms with Crippen LogP contribution in [0.15, 0.2) is 59.0 Å². The second-order valence-corrected chi connectivity index (χ2v) is 9.93. The highest BCUT2D eigenvalue weighted by atomic mass is 19.4. The number of amides is 1. The van der Waals surface area contributed by atoms with Gasteiger partial charge in [-0.3, -0.25) is 4.79 Å². The third-order valence-electron chi connectivity index (χ3n) is 5.78. The number of furan rings is 1. The van der Waals surface area contributed by atoms with Crippen LogP contribution in [0.2, 0.25) is 0 Å². The van der Waals surface area contributed by atoms with Crippen LogP contribution in [0.25, 0.3) is 33.6 Å². The van der Waals surface area contributed by atoms with Gasteiger partial charge >= 0.3 is 12.1 Å². The van der Waals surface area contributed by atoms with Crippen molar-refractivity contribution in [3.05, 3.63) is 77.2 Å². The van der Waals surface area contributed by atoms with E-state index in [1.807, 2.05) is 0 Å². The summed E-state index contributed by atoms with van der Waals surface area (Å²) in [5.74, 6) is -1.51. The van der Waals surface area contributed by atoms with E-state index in [1.54, 1.807) is 39.0 Å². The first-order valence-corrected chi connectivity index (χ1v) is 12.1. The van der Waals surface area contributed by atoms with Crippen LogP contribution < -0.4 is 5.32 Å². The Morgan fingerprint density at radius 3 is 2.31 bits per heavy atom. The molecule has 0 fully saturated rings. The molecule has 0 unspecified atom stereocenters. The van der Waals surface area contributed by atoms with Crippen LogP contribution in [0.1, 0.15) is 53.6 Å². The number of carbonyl (C=O) groups is 2. The summed E-state index contributed by atoms with van der Waals surface area (Å²) in [5.41, 5.74) is 0.681. The predicted octanol–water partition coefficient (Wildman–Crippen LogP) is 7.11. The zero-order valence-corrected chi connectivity index (χ0v) is 21.7. The molecule has 2 aromatic heterocycles. The fourth-order valence-electron chi connectivity index (χ4n) is 4.07. The molecule has 0 aliphatic carbocycles. The van der Waals surface area contributed by atoms with Crippen LogP contribution in [0.5, 0.6) is 0 Å². The lowest BCUT2D eigenvalue weighted by Gasteiger charge is -2.19. The van der Waals surface area contributed by atoms with Crippen molar-refractivity contribution >= 4 is 23.0 Å². The average Bonchev–Trinajstić information content (AvgIpc) is 3.24. The van der Waals surface area contributed by atoms with Gasteiger partial charge in [0.1, 0.15) is 17.2 Å². The van der Waals surface area contributed by atoms with Crippen LogP contribution in [0.3, 0.4) is 0 Å². The summed E-state index contributed by atoms with van der Waals surface area (Å²) in [6, 6.07) is 13.1. The molecule has 0 saturated heterocycles. The van der Waals surface area contributed by atoms with Crippen LogP contribution in [0, 0.1) is 5.82 Å². The first-order chi connectivity index (χ1) is 18.3. The number of hydrogen-bond acceptors (Lipinski definition) is 5. The van der Waals surface area contributed by atoms with E-state index in [4.69, 9.17) is 9.15 Å². The monoisotopic (exact) mass is 542 g/mol. The van der Waals surface area contributed by atoms with Gasteiger partial charge in [0, 0.05) is 24.6 Å². The molecule has 10 heteroatoms. The fourth-order valence-corrected chi connectivity index (χ4v) is 4.07. The Balaban J connectivity index is 1.93. The highest BCUT2D eigenvalue weighted by molar-refractivity contribution is 6.11. The SMILES string of the molecule is CNC(=O)c1c(-c2ccc(F)cc2)oc2nc(CCC(F)(F)F)c(-c3cccc(C(=O)OC(C)(C)C)c3)cc12. The van der Waals surface area contributed by atoms with Gasteiger partial charge in [-0.05, 0) is 75.2 Å². The number of nitrogens with zero attached hydrogens (tertiary/aromatic N) is 1. The minimum atomic E-state index is -4.44. The molecule has 0 radical (unpaired) electrons. The van der Waals surface area contributed by atoms with Crippen molar-refractivity contribution in [1.82, 2.24) is 10.3 Å². The van der Waals surface area contributed by atoms with Crippen molar-refractivity contribution in [2.24, 2.45) is 0 Å². The molecule has 0 spiro atoms. The second-order valence-electron chi connectivity index (χ2n) is 9.93. The molecular weight excluding hydrogens is 516 g/mol. The molecule has 0 aliphatic rings. The van der Waals surface area contributed by atoms with E-state index < -0.39 is 42.3 Å². The minimum Gasteiger partial charge on any atom is -0.456 e. The van der Waals surface area contributed by atoms with E-state index in [9.17, 15) is 27.2 Å². The number of hydrogen-bond donors (Lipinski definition) is 1. The standard InChI is InChI=1S/C29H26F4N2O4/c1-28(2,3)39-27(37)18-7-5-6-17(14-18)20-15-21-23(25(36)34-4)24(16-8-10-19(30)11-9-16)38-26(21)35-22(20)12-13-29(31,32)33/h5-11,14-15H,12-13H2,1-4H3,(H,34,36). The number of halogens is 4. The number of carbonyl (C=O) groups excluding carboxylic acids is 2. The maximum absolute atomic E-state index is 13.5. The van der Waals surface area contributed by atoms with Crippen molar-refractivity contribution < 1.29 is 36.3 Å². The van der Waals surface area contributed by atoms with E-state index in [0.29, 0.717) is 16.7 Å². The van der Waals surface area contributed by atoms with Crippen LogP contribution in [-0.2, 0) is 11.2 Å². The van der Waals surface area contributed by atoms with Gasteiger partial charge < -0.3 is 14.5 Å². The van der Waals surface area contributed by atoms with Crippen molar-refractivity contribution in [3.63, 3.8) is 0 Å². The number of benzene rings is 2. The Bertz CT molecular complexity index is 1530. The molecule has 39 heavy (non-hydrogen) atoms. The molecule has 4 rings (SSSR count).